The minimum absolute atomic E-state index is 0. The Balaban J connectivity index is 0.000000346. The van der Waals surface area contributed by atoms with E-state index in [0.717, 1.165) is 12.1 Å². The van der Waals surface area contributed by atoms with Crippen LogP contribution < -0.4 is 23.3 Å². The molecular weight excluding hydrogens is 499 g/mol. The molecule has 3 aromatic rings. The Morgan fingerprint density at radius 2 is 1.50 bits per heavy atom. The van der Waals surface area contributed by atoms with E-state index in [1.165, 1.54) is 16.3 Å². The van der Waals surface area contributed by atoms with E-state index in [4.69, 9.17) is 37.9 Å². The van der Waals surface area contributed by atoms with E-state index in [1.54, 1.807) is 0 Å². The van der Waals surface area contributed by atoms with E-state index in [1.807, 2.05) is 66.0 Å². The molecule has 7 nitrogen and oxygen atoms in total. The van der Waals surface area contributed by atoms with Gasteiger partial charge in [0.05, 0.1) is 26.4 Å². The maximum absolute atomic E-state index is 11.6. The van der Waals surface area contributed by atoms with Crippen molar-refractivity contribution in [1.82, 2.24) is 9.55 Å². The number of rotatable bonds is 11. The SMILES string of the molecule is N#CC[NH2+]CCOCc1ccccc1.O=c1c(Cl)nc(Cl)cn1CCOCc1ccccc1.[Cl-]. The minimum atomic E-state index is -0.366. The highest BCUT2D eigenvalue weighted by Crippen LogP contribution is 2.06. The van der Waals surface area contributed by atoms with Crippen molar-refractivity contribution < 1.29 is 27.2 Å². The van der Waals surface area contributed by atoms with Crippen LogP contribution in [0.25, 0.3) is 0 Å². The molecule has 0 unspecified atom stereocenters. The number of nitriles is 1. The Hall–Kier alpha value is -2.44. The van der Waals surface area contributed by atoms with E-state index >= 15 is 0 Å². The van der Waals surface area contributed by atoms with Gasteiger partial charge in [-0.2, -0.15) is 5.26 Å². The smallest absolute Gasteiger partial charge is 0.288 e. The monoisotopic (exact) mass is 524 g/mol. The van der Waals surface area contributed by atoms with Crippen LogP contribution >= 0.6 is 23.2 Å². The van der Waals surface area contributed by atoms with Crippen LogP contribution in [0.5, 0.6) is 0 Å². The van der Waals surface area contributed by atoms with Gasteiger partial charge in [0.15, 0.2) is 11.7 Å². The summed E-state index contributed by atoms with van der Waals surface area (Å²) in [4.78, 5) is 15.3. The van der Waals surface area contributed by atoms with Gasteiger partial charge in [-0.15, -0.1) is 0 Å². The molecule has 0 aliphatic heterocycles. The lowest BCUT2D eigenvalue weighted by Gasteiger charge is -2.07. The number of hydrogen-bond acceptors (Lipinski definition) is 5. The Kier molecular flexibility index (Phi) is 15.6. The van der Waals surface area contributed by atoms with Crippen LogP contribution in [-0.4, -0.2) is 35.9 Å². The highest BCUT2D eigenvalue weighted by Gasteiger charge is 2.05. The second-order valence-corrected chi connectivity index (χ2v) is 7.61. The zero-order valence-corrected chi connectivity index (χ0v) is 20.8. The van der Waals surface area contributed by atoms with Gasteiger partial charge in [0.2, 0.25) is 0 Å². The third-order valence-electron chi connectivity index (χ3n) is 4.31. The molecule has 0 spiro atoms. The van der Waals surface area contributed by atoms with E-state index < -0.39 is 0 Å². The standard InChI is InChI=1S/C13H12Cl2N2O2.C11H14N2O.ClH/c14-11-8-17(13(18)12(15)16-11)6-7-19-9-10-4-2-1-3-5-10;12-6-7-13-8-9-14-10-11-4-2-1-3-5-11;/h1-5,8H,6-7,9H2;1-5,13H,7-10H2;1H. The summed E-state index contributed by atoms with van der Waals surface area (Å²) in [7, 11) is 0. The average molecular weight is 526 g/mol. The fourth-order valence-corrected chi connectivity index (χ4v) is 3.11. The summed E-state index contributed by atoms with van der Waals surface area (Å²) in [5.41, 5.74) is 1.91. The van der Waals surface area contributed by atoms with Crippen molar-refractivity contribution >= 4 is 23.2 Å². The van der Waals surface area contributed by atoms with Crippen molar-refractivity contribution in [3.8, 4) is 6.07 Å². The third kappa shape index (κ3) is 12.1. The summed E-state index contributed by atoms with van der Waals surface area (Å²) < 4.78 is 12.3. The number of nitrogens with two attached hydrogens (primary N) is 1. The van der Waals surface area contributed by atoms with E-state index in [0.29, 0.717) is 39.5 Å². The number of benzene rings is 2. The zero-order valence-electron chi connectivity index (χ0n) is 18.6. The number of hydrogen-bond donors (Lipinski definition) is 1. The normalized spacial score (nSPS) is 9.91. The number of nitrogens with zero attached hydrogens (tertiary/aromatic N) is 3. The topological polar surface area (TPSA) is 93.7 Å². The molecule has 0 saturated carbocycles. The molecule has 0 amide bonds. The van der Waals surface area contributed by atoms with Crippen LogP contribution in [0.2, 0.25) is 10.3 Å². The molecule has 34 heavy (non-hydrogen) atoms. The molecule has 1 aromatic heterocycles. The highest BCUT2D eigenvalue weighted by molar-refractivity contribution is 6.32. The lowest BCUT2D eigenvalue weighted by atomic mass is 10.2. The fourth-order valence-electron chi connectivity index (χ4n) is 2.67. The molecule has 10 heteroatoms. The molecule has 0 aliphatic rings. The molecule has 0 fully saturated rings. The molecule has 0 aliphatic carbocycles. The molecule has 0 saturated heterocycles. The van der Waals surface area contributed by atoms with Crippen LogP contribution in [0.3, 0.4) is 0 Å². The second-order valence-electron chi connectivity index (χ2n) is 6.87. The van der Waals surface area contributed by atoms with Gasteiger partial charge in [-0.1, -0.05) is 83.9 Å². The van der Waals surface area contributed by atoms with E-state index in [-0.39, 0.29) is 28.3 Å². The largest absolute Gasteiger partial charge is 1.00 e. The molecule has 2 N–H and O–H groups in total. The maximum Gasteiger partial charge on any atom is 0.288 e. The molecule has 1 heterocycles. The second kappa shape index (κ2) is 18.0. The van der Waals surface area contributed by atoms with Gasteiger partial charge in [-0.3, -0.25) is 4.79 Å². The molecule has 0 bridgehead atoms. The van der Waals surface area contributed by atoms with Gasteiger partial charge in [-0.25, -0.2) is 4.98 Å². The van der Waals surface area contributed by atoms with Crippen LogP contribution in [0.1, 0.15) is 11.1 Å². The predicted octanol–water partition coefficient (Wildman–Crippen LogP) is 0.0611. The molecule has 182 valence electrons. The zero-order chi connectivity index (χ0) is 23.7. The minimum Gasteiger partial charge on any atom is -1.00 e. The maximum atomic E-state index is 11.6. The first-order chi connectivity index (χ1) is 16.1. The summed E-state index contributed by atoms with van der Waals surface area (Å²) in [6.07, 6.45) is 1.45. The summed E-state index contributed by atoms with van der Waals surface area (Å²) >= 11 is 11.4. The highest BCUT2D eigenvalue weighted by atomic mass is 35.5. The van der Waals surface area contributed by atoms with Crippen LogP contribution in [0.15, 0.2) is 71.7 Å². The molecule has 2 aromatic carbocycles. The summed E-state index contributed by atoms with van der Waals surface area (Å²) in [6.45, 7) is 3.98. The van der Waals surface area contributed by atoms with Crippen molar-refractivity contribution in [1.29, 1.82) is 5.26 Å². The van der Waals surface area contributed by atoms with Crippen molar-refractivity contribution in [2.75, 3.05) is 26.3 Å². The van der Waals surface area contributed by atoms with Crippen molar-refractivity contribution in [2.24, 2.45) is 0 Å². The van der Waals surface area contributed by atoms with Gasteiger partial charge in [-0.05, 0) is 11.1 Å². The van der Waals surface area contributed by atoms with Crippen LogP contribution in [0, 0.1) is 11.3 Å². The molecule has 0 radical (unpaired) electrons. The van der Waals surface area contributed by atoms with Crippen molar-refractivity contribution in [3.05, 3.63) is 98.6 Å². The fraction of sp³-hybridized carbons (Fsp3) is 0.292. The summed E-state index contributed by atoms with van der Waals surface area (Å²) in [6, 6.07) is 21.9. The van der Waals surface area contributed by atoms with Gasteiger partial charge >= 0.3 is 0 Å². The summed E-state index contributed by atoms with van der Waals surface area (Å²) in [5, 5.41) is 10.3. The van der Waals surface area contributed by atoms with E-state index in [2.05, 4.69) is 11.1 Å². The Labute approximate surface area is 215 Å². The number of quaternary nitrogens is 1. The lowest BCUT2D eigenvalue weighted by molar-refractivity contribution is -0.646. The molecular formula is C24H27Cl3N4O3. The van der Waals surface area contributed by atoms with Crippen molar-refractivity contribution in [3.63, 3.8) is 0 Å². The molecule has 3 rings (SSSR count). The predicted molar refractivity (Wildman–Crippen MR) is 128 cm³/mol. The quantitative estimate of drug-likeness (QED) is 0.282. The lowest BCUT2D eigenvalue weighted by Crippen LogP contribution is -3.00. The Morgan fingerprint density at radius 1 is 0.941 bits per heavy atom. The third-order valence-corrected chi connectivity index (χ3v) is 4.73. The first-order valence-electron chi connectivity index (χ1n) is 10.4. The Bertz CT molecular complexity index is 1040. The first kappa shape index (κ1) is 29.6. The first-order valence-corrected chi connectivity index (χ1v) is 11.2. The number of aromatic nitrogens is 2. The number of halogens is 3. The van der Waals surface area contributed by atoms with Crippen LogP contribution in [-0.2, 0) is 29.2 Å². The van der Waals surface area contributed by atoms with Gasteiger partial charge in [0, 0.05) is 12.7 Å². The average Bonchev–Trinajstić information content (AvgIpc) is 2.84. The molecule has 0 atom stereocenters. The summed E-state index contributed by atoms with van der Waals surface area (Å²) in [5.74, 6) is 0. The van der Waals surface area contributed by atoms with Crippen LogP contribution in [0.4, 0.5) is 0 Å². The Morgan fingerprint density at radius 3 is 2.06 bits per heavy atom. The van der Waals surface area contributed by atoms with Gasteiger partial charge in [0.1, 0.15) is 17.8 Å². The van der Waals surface area contributed by atoms with Gasteiger partial charge in [0.25, 0.3) is 5.56 Å². The van der Waals surface area contributed by atoms with Crippen molar-refractivity contribution in [2.45, 2.75) is 19.8 Å². The van der Waals surface area contributed by atoms with Gasteiger partial charge < -0.3 is 31.8 Å². The number of ether oxygens (including phenoxy) is 2. The van der Waals surface area contributed by atoms with E-state index in [9.17, 15) is 4.79 Å².